The van der Waals surface area contributed by atoms with Gasteiger partial charge in [-0.2, -0.15) is 0 Å². The SMILES string of the molecule is CCN(C(=O)CSc1nc2ccccc2c(=O)n1[C@@H](C)COC)[C@H]1CCS(=O)(=O)C1. The van der Waals surface area contributed by atoms with Gasteiger partial charge in [-0.15, -0.1) is 0 Å². The van der Waals surface area contributed by atoms with Crippen LogP contribution in [0.25, 0.3) is 10.9 Å². The Hall–Kier alpha value is -1.91. The molecule has 1 saturated heterocycles. The minimum absolute atomic E-state index is 0.0149. The molecule has 1 amide bonds. The summed E-state index contributed by atoms with van der Waals surface area (Å²) in [5, 5.41) is 0.967. The minimum atomic E-state index is -3.08. The average molecular weight is 454 g/mol. The molecule has 1 aromatic carbocycles. The Labute approximate surface area is 180 Å². The lowest BCUT2D eigenvalue weighted by atomic mass is 10.2. The number of aromatic nitrogens is 2. The number of amides is 1. The molecule has 30 heavy (non-hydrogen) atoms. The number of thioether (sulfide) groups is 1. The van der Waals surface area contributed by atoms with E-state index in [1.54, 1.807) is 34.8 Å². The van der Waals surface area contributed by atoms with Crippen molar-refractivity contribution in [3.05, 3.63) is 34.6 Å². The molecule has 1 aliphatic heterocycles. The largest absolute Gasteiger partial charge is 0.383 e. The van der Waals surface area contributed by atoms with Crippen molar-refractivity contribution in [3.8, 4) is 0 Å². The Kier molecular flexibility index (Phi) is 7.20. The number of fused-ring (bicyclic) bond motifs is 1. The van der Waals surface area contributed by atoms with Crippen LogP contribution in [0.1, 0.15) is 26.3 Å². The standard InChI is InChI=1S/C20H27N3O5S2/c1-4-22(15-9-10-30(26,27)13-15)18(24)12-29-20-21-17-8-6-5-7-16(17)19(25)23(20)14(2)11-28-3/h5-8,14-15H,4,9-13H2,1-3H3/t14-,15-/m0/s1. The van der Waals surface area contributed by atoms with Crippen molar-refractivity contribution < 1.29 is 17.9 Å². The fourth-order valence-corrected chi connectivity index (χ4v) is 6.51. The summed E-state index contributed by atoms with van der Waals surface area (Å²) in [5.74, 6) is 0.0584. The number of sulfone groups is 1. The number of hydrogen-bond donors (Lipinski definition) is 0. The number of para-hydroxylation sites is 1. The Bertz CT molecular complexity index is 1080. The third-order valence-corrected chi connectivity index (χ3v) is 7.95. The van der Waals surface area contributed by atoms with Crippen LogP contribution >= 0.6 is 11.8 Å². The van der Waals surface area contributed by atoms with Gasteiger partial charge in [-0.3, -0.25) is 14.2 Å². The lowest BCUT2D eigenvalue weighted by Crippen LogP contribution is -2.42. The molecular weight excluding hydrogens is 426 g/mol. The van der Waals surface area contributed by atoms with Crippen molar-refractivity contribution in [1.82, 2.24) is 14.5 Å². The van der Waals surface area contributed by atoms with Crippen molar-refractivity contribution in [2.75, 3.05) is 37.5 Å². The minimum Gasteiger partial charge on any atom is -0.383 e. The Morgan fingerprint density at radius 3 is 2.77 bits per heavy atom. The van der Waals surface area contributed by atoms with Crippen molar-refractivity contribution in [1.29, 1.82) is 0 Å². The van der Waals surface area contributed by atoms with E-state index in [9.17, 15) is 18.0 Å². The van der Waals surface area contributed by atoms with Gasteiger partial charge >= 0.3 is 0 Å². The Morgan fingerprint density at radius 1 is 1.40 bits per heavy atom. The highest BCUT2D eigenvalue weighted by molar-refractivity contribution is 7.99. The van der Waals surface area contributed by atoms with Crippen LogP contribution in [-0.2, 0) is 19.4 Å². The van der Waals surface area contributed by atoms with Crippen molar-refractivity contribution in [3.63, 3.8) is 0 Å². The van der Waals surface area contributed by atoms with E-state index in [0.717, 1.165) is 0 Å². The molecule has 1 aliphatic rings. The highest BCUT2D eigenvalue weighted by Gasteiger charge is 2.34. The Balaban J connectivity index is 1.86. The molecule has 0 aliphatic carbocycles. The summed E-state index contributed by atoms with van der Waals surface area (Å²) in [5.41, 5.74) is 0.405. The maximum atomic E-state index is 13.1. The summed E-state index contributed by atoms with van der Waals surface area (Å²) in [7, 11) is -1.51. The van der Waals surface area contributed by atoms with Crippen LogP contribution in [0.2, 0.25) is 0 Å². The predicted molar refractivity (Wildman–Crippen MR) is 118 cm³/mol. The highest BCUT2D eigenvalue weighted by Crippen LogP contribution is 2.23. The van der Waals surface area contributed by atoms with Crippen molar-refractivity contribution in [2.45, 2.75) is 37.5 Å². The second-order valence-electron chi connectivity index (χ2n) is 7.42. The molecule has 2 atom stereocenters. The molecule has 2 aromatic rings. The summed E-state index contributed by atoms with van der Waals surface area (Å²) in [6.45, 7) is 4.49. The summed E-state index contributed by atoms with van der Waals surface area (Å²) in [4.78, 5) is 32.2. The molecule has 0 N–H and O–H groups in total. The van der Waals surface area contributed by atoms with E-state index in [2.05, 4.69) is 4.98 Å². The molecule has 8 nitrogen and oxygen atoms in total. The van der Waals surface area contributed by atoms with Crippen molar-refractivity contribution >= 4 is 38.4 Å². The van der Waals surface area contributed by atoms with Gasteiger partial charge in [0, 0.05) is 19.7 Å². The van der Waals surface area contributed by atoms with E-state index in [0.29, 0.717) is 35.6 Å². The molecule has 0 spiro atoms. The average Bonchev–Trinajstić information content (AvgIpc) is 3.06. The maximum absolute atomic E-state index is 13.1. The number of benzene rings is 1. The third-order valence-electron chi connectivity index (χ3n) is 5.26. The molecule has 0 bridgehead atoms. The van der Waals surface area contributed by atoms with Crippen LogP contribution in [-0.4, -0.2) is 72.3 Å². The molecule has 0 radical (unpaired) electrons. The van der Waals surface area contributed by atoms with Gasteiger partial charge in [0.05, 0.1) is 40.8 Å². The number of nitrogens with zero attached hydrogens (tertiary/aromatic N) is 3. The molecule has 0 saturated carbocycles. The first-order valence-electron chi connectivity index (χ1n) is 9.90. The molecular formula is C20H27N3O5S2. The Morgan fingerprint density at radius 2 is 2.13 bits per heavy atom. The summed E-state index contributed by atoms with van der Waals surface area (Å²) < 4.78 is 30.4. The zero-order valence-electron chi connectivity index (χ0n) is 17.4. The van der Waals surface area contributed by atoms with Gasteiger partial charge < -0.3 is 9.64 Å². The van der Waals surface area contributed by atoms with E-state index in [1.807, 2.05) is 19.9 Å². The van der Waals surface area contributed by atoms with Crippen LogP contribution in [0.15, 0.2) is 34.2 Å². The molecule has 3 rings (SSSR count). The highest BCUT2D eigenvalue weighted by atomic mass is 32.2. The van der Waals surface area contributed by atoms with Crippen molar-refractivity contribution in [2.24, 2.45) is 0 Å². The summed E-state index contributed by atoms with van der Waals surface area (Å²) in [6.07, 6.45) is 0.469. The number of rotatable bonds is 8. The lowest BCUT2D eigenvalue weighted by Gasteiger charge is -2.27. The van der Waals surface area contributed by atoms with Gasteiger partial charge in [-0.05, 0) is 32.4 Å². The second-order valence-corrected chi connectivity index (χ2v) is 10.6. The van der Waals surface area contributed by atoms with Crippen LogP contribution in [0, 0.1) is 0 Å². The van der Waals surface area contributed by atoms with Gasteiger partial charge in [0.1, 0.15) is 0 Å². The van der Waals surface area contributed by atoms with E-state index in [4.69, 9.17) is 4.74 Å². The van der Waals surface area contributed by atoms with E-state index < -0.39 is 9.84 Å². The summed E-state index contributed by atoms with van der Waals surface area (Å²) >= 11 is 1.20. The first-order chi connectivity index (χ1) is 14.3. The number of carbonyl (C=O) groups is 1. The molecule has 10 heteroatoms. The first-order valence-corrected chi connectivity index (χ1v) is 12.7. The number of hydrogen-bond acceptors (Lipinski definition) is 7. The fourth-order valence-electron chi connectivity index (χ4n) is 3.80. The van der Waals surface area contributed by atoms with Crippen LogP contribution in [0.3, 0.4) is 0 Å². The normalized spacial score (nSPS) is 19.1. The first kappa shape index (κ1) is 22.8. The molecule has 1 aromatic heterocycles. The summed E-state index contributed by atoms with van der Waals surface area (Å²) in [6, 6.07) is 6.58. The van der Waals surface area contributed by atoms with Crippen LogP contribution < -0.4 is 5.56 Å². The molecule has 1 fully saturated rings. The smallest absolute Gasteiger partial charge is 0.262 e. The van der Waals surface area contributed by atoms with Gasteiger partial charge in [-0.1, -0.05) is 23.9 Å². The quantitative estimate of drug-likeness (QED) is 0.443. The monoisotopic (exact) mass is 453 g/mol. The topological polar surface area (TPSA) is 98.6 Å². The lowest BCUT2D eigenvalue weighted by molar-refractivity contribution is -0.129. The van der Waals surface area contributed by atoms with Gasteiger partial charge in [0.25, 0.3) is 5.56 Å². The number of methoxy groups -OCH3 is 1. The number of ether oxygens (including phenoxy) is 1. The van der Waals surface area contributed by atoms with Gasteiger partial charge in [-0.25, -0.2) is 13.4 Å². The van der Waals surface area contributed by atoms with Gasteiger partial charge in [0.15, 0.2) is 15.0 Å². The third kappa shape index (κ3) is 4.87. The molecule has 0 unspecified atom stereocenters. The molecule has 2 heterocycles. The number of carbonyl (C=O) groups excluding carboxylic acids is 1. The fraction of sp³-hybridized carbons (Fsp3) is 0.550. The second kappa shape index (κ2) is 9.49. The van der Waals surface area contributed by atoms with Crippen LogP contribution in [0.4, 0.5) is 0 Å². The predicted octanol–water partition coefficient (Wildman–Crippen LogP) is 1.73. The molecule has 164 valence electrons. The van der Waals surface area contributed by atoms with E-state index in [1.165, 1.54) is 11.8 Å². The van der Waals surface area contributed by atoms with Crippen LogP contribution in [0.5, 0.6) is 0 Å². The van der Waals surface area contributed by atoms with E-state index in [-0.39, 0.29) is 40.8 Å². The maximum Gasteiger partial charge on any atom is 0.262 e. The van der Waals surface area contributed by atoms with E-state index >= 15 is 0 Å². The van der Waals surface area contributed by atoms with Gasteiger partial charge in [0.2, 0.25) is 5.91 Å². The zero-order valence-corrected chi connectivity index (χ0v) is 19.0. The zero-order chi connectivity index (χ0) is 21.9.